The number of carbonyl (C=O) groups is 2. The van der Waals surface area contributed by atoms with Crippen LogP contribution in [0.1, 0.15) is 29.1 Å². The molecule has 0 bridgehead atoms. The zero-order chi connectivity index (χ0) is 23.3. The van der Waals surface area contributed by atoms with Gasteiger partial charge in [-0.1, -0.05) is 11.8 Å². The zero-order valence-corrected chi connectivity index (χ0v) is 18.5. The molecule has 1 unspecified atom stereocenters. The molecular weight excluding hydrogens is 438 g/mol. The summed E-state index contributed by atoms with van der Waals surface area (Å²) in [5, 5.41) is 8.90. The molecule has 3 rings (SSSR count). The lowest BCUT2D eigenvalue weighted by atomic mass is 10.2. The van der Waals surface area contributed by atoms with Crippen molar-refractivity contribution in [2.75, 3.05) is 19.8 Å². The first-order chi connectivity index (χ1) is 15.3. The standard InChI is InChI=1S/C21H22F2N6O2S/c1-13(28(2)3)19-25-27-21(29(19)17-10-8-16(23)9-11-17)32-12-18(30)24-26-20(31)14-4-6-15(22)7-5-14/h4-11,13H,12H2,1-3H3,(H,24,30)(H,26,31). The van der Waals surface area contributed by atoms with Crippen LogP contribution in [0.2, 0.25) is 0 Å². The number of rotatable bonds is 7. The van der Waals surface area contributed by atoms with Crippen LogP contribution in [0.5, 0.6) is 0 Å². The molecule has 32 heavy (non-hydrogen) atoms. The lowest BCUT2D eigenvalue weighted by Crippen LogP contribution is -2.42. The third-order valence-corrected chi connectivity index (χ3v) is 5.57. The molecule has 2 N–H and O–H groups in total. The second-order valence-electron chi connectivity index (χ2n) is 7.09. The average Bonchev–Trinajstić information content (AvgIpc) is 3.20. The summed E-state index contributed by atoms with van der Waals surface area (Å²) in [6.45, 7) is 1.95. The van der Waals surface area contributed by atoms with Crippen LogP contribution in [0.25, 0.3) is 5.69 Å². The van der Waals surface area contributed by atoms with Gasteiger partial charge in [0.05, 0.1) is 11.8 Å². The van der Waals surface area contributed by atoms with Gasteiger partial charge in [0.25, 0.3) is 5.91 Å². The monoisotopic (exact) mass is 460 g/mol. The molecule has 11 heteroatoms. The molecule has 0 fully saturated rings. The topological polar surface area (TPSA) is 92.1 Å². The minimum absolute atomic E-state index is 0.0562. The minimum Gasteiger partial charge on any atom is -0.300 e. The van der Waals surface area contributed by atoms with Gasteiger partial charge in [0.1, 0.15) is 11.6 Å². The molecular formula is C21H22F2N6O2S. The van der Waals surface area contributed by atoms with Gasteiger partial charge in [-0.3, -0.25) is 29.9 Å². The van der Waals surface area contributed by atoms with E-state index in [-0.39, 0.29) is 23.2 Å². The predicted octanol–water partition coefficient (Wildman–Crippen LogP) is 2.72. The Bertz CT molecular complexity index is 1090. The highest BCUT2D eigenvalue weighted by molar-refractivity contribution is 7.99. The maximum Gasteiger partial charge on any atom is 0.269 e. The van der Waals surface area contributed by atoms with Crippen LogP contribution in [0, 0.1) is 11.6 Å². The van der Waals surface area contributed by atoms with Crippen molar-refractivity contribution in [3.8, 4) is 5.69 Å². The van der Waals surface area contributed by atoms with Gasteiger partial charge in [-0.05, 0) is 69.6 Å². The van der Waals surface area contributed by atoms with E-state index in [1.54, 1.807) is 16.7 Å². The number of amides is 2. The van der Waals surface area contributed by atoms with Crippen molar-refractivity contribution in [1.29, 1.82) is 0 Å². The average molecular weight is 461 g/mol. The molecule has 0 radical (unpaired) electrons. The number of hydrazine groups is 1. The van der Waals surface area contributed by atoms with Gasteiger partial charge in [-0.2, -0.15) is 0 Å². The normalized spacial score (nSPS) is 11.9. The fourth-order valence-electron chi connectivity index (χ4n) is 2.68. The van der Waals surface area contributed by atoms with Crippen LogP contribution in [-0.2, 0) is 4.79 Å². The van der Waals surface area contributed by atoms with Crippen LogP contribution in [0.3, 0.4) is 0 Å². The Labute approximate surface area is 188 Å². The molecule has 0 aliphatic carbocycles. The summed E-state index contributed by atoms with van der Waals surface area (Å²) in [4.78, 5) is 26.2. The lowest BCUT2D eigenvalue weighted by Gasteiger charge is -2.20. The highest BCUT2D eigenvalue weighted by atomic mass is 32.2. The molecule has 3 aromatic rings. The highest BCUT2D eigenvalue weighted by Gasteiger charge is 2.21. The Morgan fingerprint density at radius 3 is 2.19 bits per heavy atom. The van der Waals surface area contributed by atoms with Gasteiger partial charge in [0.15, 0.2) is 11.0 Å². The number of hydrogen-bond acceptors (Lipinski definition) is 6. The second-order valence-corrected chi connectivity index (χ2v) is 8.03. The number of nitrogens with one attached hydrogen (secondary N) is 2. The highest BCUT2D eigenvalue weighted by Crippen LogP contribution is 2.26. The molecule has 2 amide bonds. The third-order valence-electron chi connectivity index (χ3n) is 4.65. The summed E-state index contributed by atoms with van der Waals surface area (Å²) < 4.78 is 28.1. The van der Waals surface area contributed by atoms with Crippen molar-refractivity contribution in [3.05, 3.63) is 71.6 Å². The number of benzene rings is 2. The van der Waals surface area contributed by atoms with E-state index in [1.165, 1.54) is 24.3 Å². The van der Waals surface area contributed by atoms with Crippen LogP contribution in [0.4, 0.5) is 8.78 Å². The largest absolute Gasteiger partial charge is 0.300 e. The minimum atomic E-state index is -0.570. The third kappa shape index (κ3) is 5.68. The number of carbonyl (C=O) groups excluding carboxylic acids is 2. The Morgan fingerprint density at radius 1 is 1.00 bits per heavy atom. The van der Waals surface area contributed by atoms with Crippen molar-refractivity contribution in [2.45, 2.75) is 18.1 Å². The van der Waals surface area contributed by atoms with E-state index in [0.29, 0.717) is 16.7 Å². The van der Waals surface area contributed by atoms with E-state index < -0.39 is 17.6 Å². The molecule has 1 aromatic heterocycles. The van der Waals surface area contributed by atoms with Gasteiger partial charge < -0.3 is 0 Å². The predicted molar refractivity (Wildman–Crippen MR) is 116 cm³/mol. The maximum atomic E-state index is 13.4. The van der Waals surface area contributed by atoms with Crippen molar-refractivity contribution in [2.24, 2.45) is 0 Å². The number of hydrogen-bond donors (Lipinski definition) is 2. The van der Waals surface area contributed by atoms with Crippen molar-refractivity contribution >= 4 is 23.6 Å². The molecule has 2 aromatic carbocycles. The van der Waals surface area contributed by atoms with Gasteiger partial charge in [0, 0.05) is 11.3 Å². The Hall–Kier alpha value is -3.31. The van der Waals surface area contributed by atoms with Gasteiger partial charge >= 0.3 is 0 Å². The zero-order valence-electron chi connectivity index (χ0n) is 17.7. The molecule has 1 atom stereocenters. The Morgan fingerprint density at radius 2 is 1.59 bits per heavy atom. The first-order valence-electron chi connectivity index (χ1n) is 9.61. The van der Waals surface area contributed by atoms with E-state index in [0.717, 1.165) is 23.9 Å². The Kier molecular flexibility index (Phi) is 7.54. The van der Waals surface area contributed by atoms with Crippen molar-refractivity contribution < 1.29 is 18.4 Å². The van der Waals surface area contributed by atoms with Gasteiger partial charge in [-0.15, -0.1) is 10.2 Å². The van der Waals surface area contributed by atoms with Crippen LogP contribution >= 0.6 is 11.8 Å². The lowest BCUT2D eigenvalue weighted by molar-refractivity contribution is -0.119. The fraction of sp³-hybridized carbons (Fsp3) is 0.238. The smallest absolute Gasteiger partial charge is 0.269 e. The van der Waals surface area contributed by atoms with E-state index in [2.05, 4.69) is 21.0 Å². The molecule has 1 heterocycles. The van der Waals surface area contributed by atoms with Gasteiger partial charge in [-0.25, -0.2) is 8.78 Å². The molecule has 0 saturated carbocycles. The first kappa shape index (κ1) is 23.4. The summed E-state index contributed by atoms with van der Waals surface area (Å²) in [7, 11) is 3.80. The van der Waals surface area contributed by atoms with Crippen LogP contribution in [-0.4, -0.2) is 51.3 Å². The van der Waals surface area contributed by atoms with E-state index in [9.17, 15) is 18.4 Å². The second kappa shape index (κ2) is 10.3. The summed E-state index contributed by atoms with van der Waals surface area (Å²) in [6, 6.07) is 10.7. The van der Waals surface area contributed by atoms with E-state index in [1.807, 2.05) is 25.9 Å². The van der Waals surface area contributed by atoms with Gasteiger partial charge in [0.2, 0.25) is 5.91 Å². The quantitative estimate of drug-likeness (QED) is 0.416. The van der Waals surface area contributed by atoms with E-state index >= 15 is 0 Å². The maximum absolute atomic E-state index is 13.4. The molecule has 0 spiro atoms. The fourth-order valence-corrected chi connectivity index (χ4v) is 3.43. The van der Waals surface area contributed by atoms with E-state index in [4.69, 9.17) is 0 Å². The van der Waals surface area contributed by atoms with Crippen LogP contribution in [0.15, 0.2) is 53.7 Å². The summed E-state index contributed by atoms with van der Waals surface area (Å²) in [6.07, 6.45) is 0. The summed E-state index contributed by atoms with van der Waals surface area (Å²) in [5.41, 5.74) is 5.46. The summed E-state index contributed by atoms with van der Waals surface area (Å²) >= 11 is 1.12. The molecule has 0 aliphatic rings. The Balaban J connectivity index is 1.68. The molecule has 0 saturated heterocycles. The molecule has 8 nitrogen and oxygen atoms in total. The number of aromatic nitrogens is 3. The molecule has 0 aliphatic heterocycles. The van der Waals surface area contributed by atoms with Crippen LogP contribution < -0.4 is 10.9 Å². The van der Waals surface area contributed by atoms with Crippen molar-refractivity contribution in [3.63, 3.8) is 0 Å². The number of thioether (sulfide) groups is 1. The van der Waals surface area contributed by atoms with Crippen molar-refractivity contribution in [1.82, 2.24) is 30.5 Å². The number of nitrogens with zero attached hydrogens (tertiary/aromatic N) is 4. The summed E-state index contributed by atoms with van der Waals surface area (Å²) in [5.74, 6) is -1.29. The first-order valence-corrected chi connectivity index (χ1v) is 10.6. The number of halogens is 2. The SMILES string of the molecule is CC(c1nnc(SCC(=O)NNC(=O)c2ccc(F)cc2)n1-c1ccc(F)cc1)N(C)C. The molecule has 168 valence electrons.